The summed E-state index contributed by atoms with van der Waals surface area (Å²) < 4.78 is 68.7. The SMILES string of the molecule is CC(Cl)C(=O)c1c(OC(F)F)cccc1OC(F)(F)F. The van der Waals surface area contributed by atoms with E-state index in [9.17, 15) is 26.7 Å². The van der Waals surface area contributed by atoms with Crippen LogP contribution in [0, 0.1) is 0 Å². The van der Waals surface area contributed by atoms with Crippen LogP contribution in [0.5, 0.6) is 11.5 Å². The van der Waals surface area contributed by atoms with E-state index in [1.165, 1.54) is 6.92 Å². The molecule has 0 aliphatic rings. The first kappa shape index (κ1) is 16.5. The molecule has 0 saturated heterocycles. The molecule has 0 aliphatic heterocycles. The van der Waals surface area contributed by atoms with Crippen molar-refractivity contribution in [1.82, 2.24) is 0 Å². The van der Waals surface area contributed by atoms with E-state index < -0.39 is 41.2 Å². The number of ether oxygens (including phenoxy) is 2. The topological polar surface area (TPSA) is 35.5 Å². The molecule has 0 amide bonds. The molecule has 1 aromatic carbocycles. The third kappa shape index (κ3) is 4.52. The monoisotopic (exact) mass is 318 g/mol. The Bertz CT molecular complexity index is 487. The minimum Gasteiger partial charge on any atom is -0.434 e. The fraction of sp³-hybridized carbons (Fsp3) is 0.364. The maximum atomic E-state index is 12.2. The first-order valence-corrected chi connectivity index (χ1v) is 5.57. The van der Waals surface area contributed by atoms with Crippen molar-refractivity contribution in [2.24, 2.45) is 0 Å². The molecule has 0 bridgehead atoms. The molecule has 0 aromatic heterocycles. The van der Waals surface area contributed by atoms with Crippen LogP contribution in [0.1, 0.15) is 17.3 Å². The van der Waals surface area contributed by atoms with Gasteiger partial charge in [0.25, 0.3) is 0 Å². The van der Waals surface area contributed by atoms with Gasteiger partial charge in [-0.25, -0.2) is 0 Å². The van der Waals surface area contributed by atoms with Gasteiger partial charge in [0.15, 0.2) is 5.78 Å². The van der Waals surface area contributed by atoms with E-state index in [2.05, 4.69) is 9.47 Å². The average molecular weight is 319 g/mol. The minimum absolute atomic E-state index is 0.737. The van der Waals surface area contributed by atoms with Crippen LogP contribution in [0.2, 0.25) is 0 Å². The van der Waals surface area contributed by atoms with Crippen LogP contribution in [-0.4, -0.2) is 24.1 Å². The Morgan fingerprint density at radius 2 is 1.80 bits per heavy atom. The lowest BCUT2D eigenvalue weighted by atomic mass is 10.1. The summed E-state index contributed by atoms with van der Waals surface area (Å²) in [5.74, 6) is -2.71. The average Bonchev–Trinajstić information content (AvgIpc) is 2.25. The molecule has 1 atom stereocenters. The molecule has 0 aliphatic carbocycles. The van der Waals surface area contributed by atoms with Gasteiger partial charge in [0.2, 0.25) is 0 Å². The molecule has 20 heavy (non-hydrogen) atoms. The van der Waals surface area contributed by atoms with Gasteiger partial charge < -0.3 is 9.47 Å². The number of ketones is 1. The number of carbonyl (C=O) groups is 1. The molecule has 1 rings (SSSR count). The lowest BCUT2D eigenvalue weighted by molar-refractivity contribution is -0.274. The van der Waals surface area contributed by atoms with E-state index in [0.717, 1.165) is 18.2 Å². The van der Waals surface area contributed by atoms with E-state index in [1.807, 2.05) is 0 Å². The van der Waals surface area contributed by atoms with Gasteiger partial charge in [0, 0.05) is 0 Å². The second-order valence-electron chi connectivity index (χ2n) is 3.54. The fourth-order valence-corrected chi connectivity index (χ4v) is 1.47. The second-order valence-corrected chi connectivity index (χ2v) is 4.19. The lowest BCUT2D eigenvalue weighted by Gasteiger charge is -2.16. The Hall–Kier alpha value is -1.57. The molecular weight excluding hydrogens is 311 g/mol. The number of hydrogen-bond donors (Lipinski definition) is 0. The van der Waals surface area contributed by atoms with Crippen molar-refractivity contribution in [1.29, 1.82) is 0 Å². The summed E-state index contributed by atoms with van der Waals surface area (Å²) >= 11 is 5.49. The van der Waals surface area contributed by atoms with Crippen molar-refractivity contribution in [3.05, 3.63) is 23.8 Å². The number of rotatable bonds is 5. The van der Waals surface area contributed by atoms with Crippen molar-refractivity contribution < 1.29 is 36.2 Å². The maximum Gasteiger partial charge on any atom is 0.573 e. The molecule has 3 nitrogen and oxygen atoms in total. The van der Waals surface area contributed by atoms with Crippen LogP contribution >= 0.6 is 11.6 Å². The molecule has 1 unspecified atom stereocenters. The quantitative estimate of drug-likeness (QED) is 0.468. The Labute approximate surface area is 115 Å². The van der Waals surface area contributed by atoms with Crippen LogP contribution < -0.4 is 9.47 Å². The summed E-state index contributed by atoms with van der Waals surface area (Å²) in [6.07, 6.45) is -5.09. The van der Waals surface area contributed by atoms with Crippen LogP contribution in [-0.2, 0) is 0 Å². The van der Waals surface area contributed by atoms with Gasteiger partial charge >= 0.3 is 13.0 Å². The normalized spacial score (nSPS) is 13.2. The van der Waals surface area contributed by atoms with Gasteiger partial charge in [-0.1, -0.05) is 6.07 Å². The third-order valence-electron chi connectivity index (χ3n) is 2.04. The molecule has 0 heterocycles. The van der Waals surface area contributed by atoms with E-state index in [1.54, 1.807) is 0 Å². The molecule has 0 saturated carbocycles. The van der Waals surface area contributed by atoms with Gasteiger partial charge in [0.05, 0.1) is 5.38 Å². The predicted molar refractivity (Wildman–Crippen MR) is 59.4 cm³/mol. The fourth-order valence-electron chi connectivity index (χ4n) is 1.36. The highest BCUT2D eigenvalue weighted by molar-refractivity contribution is 6.34. The Kier molecular flexibility index (Phi) is 5.15. The molecular formula is C11H8ClF5O3. The number of alkyl halides is 6. The first-order valence-electron chi connectivity index (χ1n) is 5.13. The molecule has 1 aromatic rings. The highest BCUT2D eigenvalue weighted by Crippen LogP contribution is 2.34. The molecule has 0 fully saturated rings. The summed E-state index contributed by atoms with van der Waals surface area (Å²) in [6, 6.07) is 2.70. The van der Waals surface area contributed by atoms with Crippen molar-refractivity contribution in [3.63, 3.8) is 0 Å². The van der Waals surface area contributed by atoms with Gasteiger partial charge in [-0.05, 0) is 19.1 Å². The minimum atomic E-state index is -5.09. The zero-order valence-corrected chi connectivity index (χ0v) is 10.6. The molecule has 112 valence electrons. The van der Waals surface area contributed by atoms with Crippen LogP contribution in [0.4, 0.5) is 22.0 Å². The van der Waals surface area contributed by atoms with Crippen molar-refractivity contribution in [2.45, 2.75) is 25.3 Å². The number of Topliss-reactive ketones (excluding diaryl/α,β-unsaturated/α-hetero) is 1. The van der Waals surface area contributed by atoms with Crippen LogP contribution in [0.15, 0.2) is 18.2 Å². The van der Waals surface area contributed by atoms with E-state index in [4.69, 9.17) is 11.6 Å². The van der Waals surface area contributed by atoms with E-state index >= 15 is 0 Å². The number of carbonyl (C=O) groups excluding carboxylic acids is 1. The predicted octanol–water partition coefficient (Wildman–Crippen LogP) is 4.00. The number of benzene rings is 1. The van der Waals surface area contributed by atoms with E-state index in [-0.39, 0.29) is 0 Å². The maximum absolute atomic E-state index is 12.2. The van der Waals surface area contributed by atoms with Gasteiger partial charge in [0.1, 0.15) is 17.1 Å². The number of hydrogen-bond acceptors (Lipinski definition) is 3. The molecule has 0 N–H and O–H groups in total. The zero-order chi connectivity index (χ0) is 15.5. The summed E-state index contributed by atoms with van der Waals surface area (Å²) in [5.41, 5.74) is -0.785. The standard InChI is InChI=1S/C11H8ClF5O3/c1-5(12)9(18)8-6(19-10(13)14)3-2-4-7(8)20-11(15,16)17/h2-5,10H,1H3. The third-order valence-corrected chi connectivity index (χ3v) is 2.24. The Balaban J connectivity index is 3.32. The van der Waals surface area contributed by atoms with Crippen molar-refractivity contribution in [3.8, 4) is 11.5 Å². The van der Waals surface area contributed by atoms with Crippen LogP contribution in [0.25, 0.3) is 0 Å². The van der Waals surface area contributed by atoms with Crippen molar-refractivity contribution >= 4 is 17.4 Å². The summed E-state index contributed by atoms with van der Waals surface area (Å²) in [7, 11) is 0. The van der Waals surface area contributed by atoms with Gasteiger partial charge in [-0.2, -0.15) is 8.78 Å². The lowest BCUT2D eigenvalue weighted by Crippen LogP contribution is -2.21. The van der Waals surface area contributed by atoms with Crippen molar-refractivity contribution in [2.75, 3.05) is 0 Å². The summed E-state index contributed by atoms with van der Waals surface area (Å²) in [5, 5.41) is -1.24. The highest BCUT2D eigenvalue weighted by Gasteiger charge is 2.34. The molecule has 0 radical (unpaired) electrons. The first-order chi connectivity index (χ1) is 9.11. The summed E-state index contributed by atoms with van der Waals surface area (Å²) in [6.45, 7) is -2.13. The second kappa shape index (κ2) is 6.25. The van der Waals surface area contributed by atoms with Gasteiger partial charge in [-0.3, -0.25) is 4.79 Å². The Morgan fingerprint density at radius 1 is 1.25 bits per heavy atom. The van der Waals surface area contributed by atoms with Gasteiger partial charge in [-0.15, -0.1) is 24.8 Å². The highest BCUT2D eigenvalue weighted by atomic mass is 35.5. The smallest absolute Gasteiger partial charge is 0.434 e. The molecule has 9 heteroatoms. The summed E-state index contributed by atoms with van der Waals surface area (Å²) in [4.78, 5) is 11.7. The van der Waals surface area contributed by atoms with Crippen LogP contribution in [0.3, 0.4) is 0 Å². The zero-order valence-electron chi connectivity index (χ0n) is 9.88. The molecule has 0 spiro atoms. The largest absolute Gasteiger partial charge is 0.573 e. The Morgan fingerprint density at radius 3 is 2.25 bits per heavy atom. The number of halogens is 6. The van der Waals surface area contributed by atoms with E-state index in [0.29, 0.717) is 0 Å².